The zero-order valence-corrected chi connectivity index (χ0v) is 10.4. The molecule has 5 heteroatoms. The Morgan fingerprint density at radius 1 is 1.53 bits per heavy atom. The normalized spacial score (nSPS) is 18.6. The van der Waals surface area contributed by atoms with Gasteiger partial charge in [-0.3, -0.25) is 4.79 Å². The van der Waals surface area contributed by atoms with E-state index in [1.54, 1.807) is 25.1 Å². The van der Waals surface area contributed by atoms with E-state index >= 15 is 0 Å². The van der Waals surface area contributed by atoms with Crippen LogP contribution in [-0.4, -0.2) is 19.0 Å². The molecule has 0 spiro atoms. The zero-order chi connectivity index (χ0) is 11.5. The van der Waals surface area contributed by atoms with Crippen LogP contribution < -0.4 is 10.6 Å². The summed E-state index contributed by atoms with van der Waals surface area (Å²) in [7, 11) is 0. The lowest BCUT2D eigenvalue weighted by atomic mass is 10.1. The van der Waals surface area contributed by atoms with Crippen LogP contribution in [0.15, 0.2) is 18.2 Å². The summed E-state index contributed by atoms with van der Waals surface area (Å²) in [5.41, 5.74) is 0.819. The SMILES string of the molecule is Cc1cccc(NC(=O)C2CCNC2)c1F.Cl. The number of halogens is 2. The molecule has 1 aliphatic heterocycles. The monoisotopic (exact) mass is 258 g/mol. The number of carbonyl (C=O) groups is 1. The fourth-order valence-corrected chi connectivity index (χ4v) is 1.86. The Morgan fingerprint density at radius 2 is 2.29 bits per heavy atom. The number of nitrogens with one attached hydrogen (secondary N) is 2. The maximum atomic E-state index is 13.6. The number of hydrogen-bond donors (Lipinski definition) is 2. The summed E-state index contributed by atoms with van der Waals surface area (Å²) in [5.74, 6) is -0.490. The minimum Gasteiger partial charge on any atom is -0.323 e. The molecule has 1 aliphatic rings. The van der Waals surface area contributed by atoms with Crippen LogP contribution in [0.5, 0.6) is 0 Å². The minimum absolute atomic E-state index is 0. The molecule has 1 aromatic rings. The molecule has 2 rings (SSSR count). The molecule has 0 saturated carbocycles. The lowest BCUT2D eigenvalue weighted by molar-refractivity contribution is -0.119. The number of hydrogen-bond acceptors (Lipinski definition) is 2. The first-order valence-electron chi connectivity index (χ1n) is 5.45. The minimum atomic E-state index is -0.346. The van der Waals surface area contributed by atoms with Gasteiger partial charge in [-0.05, 0) is 31.5 Å². The van der Waals surface area contributed by atoms with Crippen LogP contribution in [0, 0.1) is 18.7 Å². The number of amides is 1. The van der Waals surface area contributed by atoms with E-state index in [9.17, 15) is 9.18 Å². The number of rotatable bonds is 2. The highest BCUT2D eigenvalue weighted by Gasteiger charge is 2.23. The third kappa shape index (κ3) is 3.17. The summed E-state index contributed by atoms with van der Waals surface area (Å²) >= 11 is 0. The molecule has 1 fully saturated rings. The second-order valence-electron chi connectivity index (χ2n) is 4.12. The highest BCUT2D eigenvalue weighted by molar-refractivity contribution is 5.93. The predicted octanol–water partition coefficient (Wildman–Crippen LogP) is 2.10. The van der Waals surface area contributed by atoms with Gasteiger partial charge in [0.25, 0.3) is 0 Å². The molecular formula is C12H16ClFN2O. The number of aryl methyl sites for hydroxylation is 1. The van der Waals surface area contributed by atoms with Gasteiger partial charge in [0, 0.05) is 6.54 Å². The summed E-state index contributed by atoms with van der Waals surface area (Å²) in [5, 5.41) is 5.75. The molecule has 1 aromatic carbocycles. The van der Waals surface area contributed by atoms with Gasteiger partial charge in [-0.1, -0.05) is 12.1 Å². The average Bonchev–Trinajstić information content (AvgIpc) is 2.78. The third-order valence-corrected chi connectivity index (χ3v) is 2.88. The molecule has 3 nitrogen and oxygen atoms in total. The fourth-order valence-electron chi connectivity index (χ4n) is 1.86. The largest absolute Gasteiger partial charge is 0.323 e. The van der Waals surface area contributed by atoms with Crippen LogP contribution in [0.2, 0.25) is 0 Å². The topological polar surface area (TPSA) is 41.1 Å². The Labute approximate surface area is 106 Å². The Hall–Kier alpha value is -1.13. The van der Waals surface area contributed by atoms with Crippen molar-refractivity contribution in [2.24, 2.45) is 5.92 Å². The Bertz CT molecular complexity index is 405. The smallest absolute Gasteiger partial charge is 0.228 e. The average molecular weight is 259 g/mol. The van der Waals surface area contributed by atoms with Gasteiger partial charge in [0.1, 0.15) is 5.82 Å². The van der Waals surface area contributed by atoms with E-state index in [1.807, 2.05) is 0 Å². The van der Waals surface area contributed by atoms with E-state index in [1.165, 1.54) is 0 Å². The molecule has 1 atom stereocenters. The summed E-state index contributed by atoms with van der Waals surface area (Å²) in [4.78, 5) is 11.8. The van der Waals surface area contributed by atoms with Crippen molar-refractivity contribution in [1.82, 2.24) is 5.32 Å². The Balaban J connectivity index is 0.00000144. The highest BCUT2D eigenvalue weighted by Crippen LogP contribution is 2.19. The quantitative estimate of drug-likeness (QED) is 0.853. The molecule has 0 aliphatic carbocycles. The van der Waals surface area contributed by atoms with E-state index < -0.39 is 0 Å². The van der Waals surface area contributed by atoms with E-state index in [-0.39, 0.29) is 35.7 Å². The van der Waals surface area contributed by atoms with Crippen LogP contribution in [0.3, 0.4) is 0 Å². The molecule has 0 radical (unpaired) electrons. The number of benzene rings is 1. The fraction of sp³-hybridized carbons (Fsp3) is 0.417. The van der Waals surface area contributed by atoms with Crippen LogP contribution in [0.1, 0.15) is 12.0 Å². The predicted molar refractivity (Wildman–Crippen MR) is 68.0 cm³/mol. The van der Waals surface area contributed by atoms with Crippen molar-refractivity contribution in [3.05, 3.63) is 29.6 Å². The van der Waals surface area contributed by atoms with Gasteiger partial charge < -0.3 is 10.6 Å². The molecule has 1 heterocycles. The third-order valence-electron chi connectivity index (χ3n) is 2.88. The summed E-state index contributed by atoms with van der Waals surface area (Å²) < 4.78 is 13.6. The van der Waals surface area contributed by atoms with Crippen molar-refractivity contribution in [2.75, 3.05) is 18.4 Å². The molecular weight excluding hydrogens is 243 g/mol. The molecule has 0 bridgehead atoms. The van der Waals surface area contributed by atoms with Crippen molar-refractivity contribution >= 4 is 24.0 Å². The van der Waals surface area contributed by atoms with E-state index in [0.29, 0.717) is 12.1 Å². The first kappa shape index (κ1) is 13.9. The summed E-state index contributed by atoms with van der Waals surface area (Å²) in [6.07, 6.45) is 0.819. The summed E-state index contributed by atoms with van der Waals surface area (Å²) in [6, 6.07) is 5.01. The standard InChI is InChI=1S/C12H15FN2O.ClH/c1-8-3-2-4-10(11(8)13)15-12(16)9-5-6-14-7-9;/h2-4,9,14H,5-7H2,1H3,(H,15,16);1H. The first-order chi connectivity index (χ1) is 7.68. The van der Waals surface area contributed by atoms with Gasteiger partial charge in [-0.2, -0.15) is 0 Å². The van der Waals surface area contributed by atoms with Crippen molar-refractivity contribution in [1.29, 1.82) is 0 Å². The Morgan fingerprint density at radius 3 is 2.94 bits per heavy atom. The van der Waals surface area contributed by atoms with E-state index in [4.69, 9.17) is 0 Å². The molecule has 17 heavy (non-hydrogen) atoms. The molecule has 1 unspecified atom stereocenters. The second kappa shape index (κ2) is 5.98. The van der Waals surface area contributed by atoms with Gasteiger partial charge in [-0.15, -0.1) is 12.4 Å². The number of carbonyl (C=O) groups excluding carboxylic acids is 1. The van der Waals surface area contributed by atoms with Gasteiger partial charge in [0.15, 0.2) is 0 Å². The molecule has 0 aromatic heterocycles. The van der Waals surface area contributed by atoms with Crippen LogP contribution in [0.4, 0.5) is 10.1 Å². The van der Waals surface area contributed by atoms with Crippen molar-refractivity contribution in [3.8, 4) is 0 Å². The van der Waals surface area contributed by atoms with Crippen LogP contribution >= 0.6 is 12.4 Å². The van der Waals surface area contributed by atoms with Gasteiger partial charge >= 0.3 is 0 Å². The molecule has 94 valence electrons. The van der Waals surface area contributed by atoms with Crippen molar-refractivity contribution in [3.63, 3.8) is 0 Å². The van der Waals surface area contributed by atoms with E-state index in [2.05, 4.69) is 10.6 Å². The maximum absolute atomic E-state index is 13.6. The molecule has 1 amide bonds. The molecule has 2 N–H and O–H groups in total. The Kier molecular flexibility index (Phi) is 4.90. The maximum Gasteiger partial charge on any atom is 0.228 e. The first-order valence-corrected chi connectivity index (χ1v) is 5.45. The van der Waals surface area contributed by atoms with Gasteiger partial charge in [0.05, 0.1) is 11.6 Å². The van der Waals surface area contributed by atoms with Crippen molar-refractivity contribution < 1.29 is 9.18 Å². The summed E-state index contributed by atoms with van der Waals surface area (Å²) in [6.45, 7) is 3.22. The van der Waals surface area contributed by atoms with Gasteiger partial charge in [0.2, 0.25) is 5.91 Å². The number of anilines is 1. The second-order valence-corrected chi connectivity index (χ2v) is 4.12. The lowest BCUT2D eigenvalue weighted by Gasteiger charge is -2.11. The van der Waals surface area contributed by atoms with Crippen LogP contribution in [-0.2, 0) is 4.79 Å². The lowest BCUT2D eigenvalue weighted by Crippen LogP contribution is -2.25. The van der Waals surface area contributed by atoms with E-state index in [0.717, 1.165) is 13.0 Å². The van der Waals surface area contributed by atoms with Crippen LogP contribution in [0.25, 0.3) is 0 Å². The van der Waals surface area contributed by atoms with Gasteiger partial charge in [-0.25, -0.2) is 4.39 Å². The highest BCUT2D eigenvalue weighted by atomic mass is 35.5. The zero-order valence-electron chi connectivity index (χ0n) is 9.63. The molecule has 1 saturated heterocycles. The van der Waals surface area contributed by atoms with Crippen molar-refractivity contribution in [2.45, 2.75) is 13.3 Å².